The number of nitrogens with zero attached hydrogens (tertiary/aromatic N) is 2. The maximum absolute atomic E-state index is 5.43. The van der Waals surface area contributed by atoms with E-state index >= 15 is 0 Å². The van der Waals surface area contributed by atoms with Crippen LogP contribution in [0.4, 0.5) is 0 Å². The van der Waals surface area contributed by atoms with Gasteiger partial charge in [-0.3, -0.25) is 0 Å². The first-order chi connectivity index (χ1) is 10.3. The molecule has 2 aromatic rings. The molecule has 0 saturated heterocycles. The second kappa shape index (κ2) is 7.75. The molecule has 1 heterocycles. The number of aromatic nitrogens is 2. The van der Waals surface area contributed by atoms with E-state index in [-0.39, 0.29) is 0 Å². The zero-order chi connectivity index (χ0) is 15.1. The molecular formula is C15H20N2O4. The Labute approximate surface area is 124 Å². The number of hydrogen-bond donors (Lipinski definition) is 0. The summed E-state index contributed by atoms with van der Waals surface area (Å²) in [6.07, 6.45) is -0.0858. The normalized spacial score (nSPS) is 11.0. The van der Waals surface area contributed by atoms with Crippen LogP contribution in [-0.4, -0.2) is 30.5 Å². The molecule has 1 aromatic heterocycles. The van der Waals surface area contributed by atoms with Crippen molar-refractivity contribution in [3.05, 3.63) is 41.5 Å². The van der Waals surface area contributed by atoms with Gasteiger partial charge in [-0.1, -0.05) is 23.4 Å². The van der Waals surface area contributed by atoms with Gasteiger partial charge in [-0.25, -0.2) is 0 Å². The second-order valence-corrected chi connectivity index (χ2v) is 4.28. The van der Waals surface area contributed by atoms with Gasteiger partial charge in [-0.05, 0) is 19.9 Å². The molecule has 6 nitrogen and oxygen atoms in total. The number of hydrogen-bond acceptors (Lipinski definition) is 6. The van der Waals surface area contributed by atoms with E-state index in [2.05, 4.69) is 10.1 Å². The maximum Gasteiger partial charge on any atom is 0.283 e. The lowest BCUT2D eigenvalue weighted by atomic mass is 10.1. The summed E-state index contributed by atoms with van der Waals surface area (Å²) >= 11 is 0. The number of benzene rings is 1. The summed E-state index contributed by atoms with van der Waals surface area (Å²) in [5.41, 5.74) is 0.997. The Kier molecular flexibility index (Phi) is 5.71. The van der Waals surface area contributed by atoms with Crippen LogP contribution in [0.15, 0.2) is 28.8 Å². The highest BCUT2D eigenvalue weighted by atomic mass is 16.7. The van der Waals surface area contributed by atoms with E-state index in [1.807, 2.05) is 38.1 Å². The average Bonchev–Trinajstić information content (AvgIpc) is 2.96. The van der Waals surface area contributed by atoms with Gasteiger partial charge in [-0.15, -0.1) is 0 Å². The first-order valence-electron chi connectivity index (χ1n) is 6.96. The third-order valence-corrected chi connectivity index (χ3v) is 2.86. The maximum atomic E-state index is 5.43. The summed E-state index contributed by atoms with van der Waals surface area (Å²) < 4.78 is 21.4. The molecule has 0 saturated carbocycles. The van der Waals surface area contributed by atoms with Crippen LogP contribution in [-0.2, 0) is 15.9 Å². The Morgan fingerprint density at radius 2 is 1.86 bits per heavy atom. The molecule has 0 amide bonds. The fraction of sp³-hybridized carbons (Fsp3) is 0.467. The lowest BCUT2D eigenvalue weighted by Gasteiger charge is -2.11. The standard InChI is InChI=1S/C15H20N2O4/c1-4-19-15(20-5-2)14-16-13(17-21-14)10-11-8-6-7-9-12(11)18-3/h6-9,15H,4-5,10H2,1-3H3. The van der Waals surface area contributed by atoms with Crippen LogP contribution in [0, 0.1) is 0 Å². The van der Waals surface area contributed by atoms with Gasteiger partial charge in [0.05, 0.1) is 7.11 Å². The molecule has 2 rings (SSSR count). The lowest BCUT2D eigenvalue weighted by molar-refractivity contribution is -0.155. The summed E-state index contributed by atoms with van der Waals surface area (Å²) in [7, 11) is 1.64. The predicted molar refractivity (Wildman–Crippen MR) is 76.1 cm³/mol. The summed E-state index contributed by atoms with van der Waals surface area (Å²) in [4.78, 5) is 4.34. The first-order valence-corrected chi connectivity index (χ1v) is 6.96. The highest BCUT2D eigenvalue weighted by Gasteiger charge is 2.20. The van der Waals surface area contributed by atoms with Gasteiger partial charge >= 0.3 is 0 Å². The van der Waals surface area contributed by atoms with Gasteiger partial charge in [-0.2, -0.15) is 4.98 Å². The smallest absolute Gasteiger partial charge is 0.283 e. The van der Waals surface area contributed by atoms with Crippen molar-refractivity contribution >= 4 is 0 Å². The largest absolute Gasteiger partial charge is 0.496 e. The second-order valence-electron chi connectivity index (χ2n) is 4.28. The summed E-state index contributed by atoms with van der Waals surface area (Å²) in [6, 6.07) is 7.74. The molecule has 0 aliphatic rings. The third kappa shape index (κ3) is 4.03. The quantitative estimate of drug-likeness (QED) is 0.697. The van der Waals surface area contributed by atoms with E-state index < -0.39 is 6.29 Å². The fourth-order valence-electron chi connectivity index (χ4n) is 1.95. The highest BCUT2D eigenvalue weighted by Crippen LogP contribution is 2.22. The van der Waals surface area contributed by atoms with Crippen LogP contribution in [0.25, 0.3) is 0 Å². The minimum atomic E-state index is -0.612. The molecule has 1 aromatic carbocycles. The van der Waals surface area contributed by atoms with Crippen LogP contribution < -0.4 is 4.74 Å². The van der Waals surface area contributed by atoms with Crippen molar-refractivity contribution < 1.29 is 18.7 Å². The molecule has 0 aliphatic carbocycles. The van der Waals surface area contributed by atoms with E-state index in [4.69, 9.17) is 18.7 Å². The van der Waals surface area contributed by atoms with Gasteiger partial charge in [0, 0.05) is 25.2 Å². The molecule has 21 heavy (non-hydrogen) atoms. The van der Waals surface area contributed by atoms with Crippen LogP contribution in [0.2, 0.25) is 0 Å². The third-order valence-electron chi connectivity index (χ3n) is 2.86. The van der Waals surface area contributed by atoms with Gasteiger partial charge < -0.3 is 18.7 Å². The van der Waals surface area contributed by atoms with Crippen molar-refractivity contribution in [3.8, 4) is 5.75 Å². The van der Waals surface area contributed by atoms with E-state index in [0.29, 0.717) is 31.3 Å². The van der Waals surface area contributed by atoms with Gasteiger partial charge in [0.15, 0.2) is 5.82 Å². The van der Waals surface area contributed by atoms with Crippen LogP contribution in [0.1, 0.15) is 37.4 Å². The van der Waals surface area contributed by atoms with Crippen LogP contribution >= 0.6 is 0 Å². The van der Waals surface area contributed by atoms with Crippen molar-refractivity contribution in [3.63, 3.8) is 0 Å². The van der Waals surface area contributed by atoms with E-state index in [0.717, 1.165) is 11.3 Å². The van der Waals surface area contributed by atoms with E-state index in [1.54, 1.807) is 7.11 Å². The fourth-order valence-corrected chi connectivity index (χ4v) is 1.95. The van der Waals surface area contributed by atoms with Gasteiger partial charge in [0.1, 0.15) is 5.75 Å². The lowest BCUT2D eigenvalue weighted by Crippen LogP contribution is -2.09. The molecule has 0 fully saturated rings. The Hall–Kier alpha value is -1.92. The van der Waals surface area contributed by atoms with Gasteiger partial charge in [0.2, 0.25) is 6.29 Å². The zero-order valence-electron chi connectivity index (χ0n) is 12.5. The first kappa shape index (κ1) is 15.5. The summed E-state index contributed by atoms with van der Waals surface area (Å²) in [5.74, 6) is 1.71. The average molecular weight is 292 g/mol. The van der Waals surface area contributed by atoms with Crippen molar-refractivity contribution in [2.24, 2.45) is 0 Å². The number of methoxy groups -OCH3 is 1. The van der Waals surface area contributed by atoms with Crippen molar-refractivity contribution in [1.82, 2.24) is 10.1 Å². The van der Waals surface area contributed by atoms with Crippen molar-refractivity contribution in [2.75, 3.05) is 20.3 Å². The molecule has 0 N–H and O–H groups in total. The van der Waals surface area contributed by atoms with E-state index in [9.17, 15) is 0 Å². The van der Waals surface area contributed by atoms with E-state index in [1.165, 1.54) is 0 Å². The summed E-state index contributed by atoms with van der Waals surface area (Å²) in [5, 5.41) is 3.97. The monoisotopic (exact) mass is 292 g/mol. The highest BCUT2D eigenvalue weighted by molar-refractivity contribution is 5.35. The van der Waals surface area contributed by atoms with Crippen LogP contribution in [0.3, 0.4) is 0 Å². The molecule has 0 bridgehead atoms. The van der Waals surface area contributed by atoms with Gasteiger partial charge in [0.25, 0.3) is 5.89 Å². The number of para-hydroxylation sites is 1. The Morgan fingerprint density at radius 3 is 2.52 bits per heavy atom. The Balaban J connectivity index is 2.12. The Bertz CT molecular complexity index is 550. The van der Waals surface area contributed by atoms with Crippen molar-refractivity contribution in [2.45, 2.75) is 26.6 Å². The van der Waals surface area contributed by atoms with Crippen molar-refractivity contribution in [1.29, 1.82) is 0 Å². The SMILES string of the molecule is CCOC(OCC)c1nc(Cc2ccccc2OC)no1. The molecule has 114 valence electrons. The zero-order valence-corrected chi connectivity index (χ0v) is 12.5. The molecule has 0 aliphatic heterocycles. The molecular weight excluding hydrogens is 272 g/mol. The predicted octanol–water partition coefficient (Wildman–Crippen LogP) is 2.74. The molecule has 0 spiro atoms. The number of rotatable bonds is 8. The summed E-state index contributed by atoms with van der Waals surface area (Å²) in [6.45, 7) is 4.79. The van der Waals surface area contributed by atoms with Crippen LogP contribution in [0.5, 0.6) is 5.75 Å². The molecule has 6 heteroatoms. The Morgan fingerprint density at radius 1 is 1.14 bits per heavy atom. The number of ether oxygens (including phenoxy) is 3. The minimum Gasteiger partial charge on any atom is -0.496 e. The topological polar surface area (TPSA) is 66.6 Å². The molecule has 0 unspecified atom stereocenters. The minimum absolute atomic E-state index is 0.337. The molecule has 0 atom stereocenters. The molecule has 0 radical (unpaired) electrons.